The molecule has 0 amide bonds. The van der Waals surface area contributed by atoms with Gasteiger partial charge in [-0.2, -0.15) is 8.78 Å². The van der Waals surface area contributed by atoms with Gasteiger partial charge < -0.3 is 14.9 Å². The molecule has 0 radical (unpaired) electrons. The maximum Gasteiger partial charge on any atom is 0.339 e. The zero-order valence-corrected chi connectivity index (χ0v) is 19.8. The van der Waals surface area contributed by atoms with E-state index < -0.39 is 59.4 Å². The molecule has 0 bridgehead atoms. The average Bonchev–Trinajstić information content (AvgIpc) is 3.15. The Labute approximate surface area is 214 Å². The van der Waals surface area contributed by atoms with Crippen LogP contribution in [0.4, 0.5) is 8.78 Å². The summed E-state index contributed by atoms with van der Waals surface area (Å²) in [5, 5.41) is 27.7. The number of aromatic nitrogens is 2. The average molecular weight is 523 g/mol. The second-order valence-corrected chi connectivity index (χ2v) is 8.44. The van der Waals surface area contributed by atoms with Crippen molar-refractivity contribution in [3.05, 3.63) is 112 Å². The minimum Gasteiger partial charge on any atom is -0.394 e. The predicted octanol–water partition coefficient (Wildman–Crippen LogP) is 2.26. The summed E-state index contributed by atoms with van der Waals surface area (Å²) in [4.78, 5) is 39.3. The van der Waals surface area contributed by atoms with E-state index in [1.807, 2.05) is 0 Å². The lowest BCUT2D eigenvalue weighted by Crippen LogP contribution is -2.49. The third-order valence-electron chi connectivity index (χ3n) is 5.90. The Bertz CT molecular complexity index is 1510. The van der Waals surface area contributed by atoms with Gasteiger partial charge in [0.05, 0.1) is 12.2 Å². The lowest BCUT2D eigenvalue weighted by molar-refractivity contribution is -0.141. The summed E-state index contributed by atoms with van der Waals surface area (Å²) in [6.45, 7) is -0.969. The molecule has 3 atom stereocenters. The number of hydrogen-bond donors (Lipinski definition) is 3. The van der Waals surface area contributed by atoms with Crippen molar-refractivity contribution < 1.29 is 33.3 Å². The van der Waals surface area contributed by atoms with Crippen LogP contribution < -0.4 is 11.2 Å². The van der Waals surface area contributed by atoms with Gasteiger partial charge in [-0.05, 0) is 23.3 Å². The molecular weight excluding hydrogens is 500 g/mol. The SMILES string of the molecule is N=c1c(C(=O)C=Cc2ccccc2)cn([C@@H]2O[C@H](CO)[C@@H](O)C2(F)F)c(=O)n1C(=O)C=Cc1ccccc1. The normalized spacial score (nSPS) is 20.8. The fraction of sp³-hybridized carbons (Fsp3) is 0.185. The van der Waals surface area contributed by atoms with Crippen LogP contribution >= 0.6 is 0 Å². The lowest BCUT2D eigenvalue weighted by atomic mass is 10.1. The minimum absolute atomic E-state index is 0.265. The topological polar surface area (TPSA) is 135 Å². The predicted molar refractivity (Wildman–Crippen MR) is 132 cm³/mol. The highest BCUT2D eigenvalue weighted by Gasteiger charge is 2.59. The molecule has 11 heteroatoms. The van der Waals surface area contributed by atoms with Gasteiger partial charge in [0.15, 0.2) is 11.9 Å². The maximum atomic E-state index is 14.9. The van der Waals surface area contributed by atoms with Crippen LogP contribution in [0.2, 0.25) is 0 Å². The summed E-state index contributed by atoms with van der Waals surface area (Å²) >= 11 is 0. The second kappa shape index (κ2) is 11.0. The number of benzene rings is 2. The number of halogens is 2. The van der Waals surface area contributed by atoms with Gasteiger partial charge in [0.2, 0.25) is 6.23 Å². The number of allylic oxidation sites excluding steroid dienone is 2. The summed E-state index contributed by atoms with van der Waals surface area (Å²) in [6, 6.07) is 17.1. The molecule has 1 fully saturated rings. The molecule has 1 aromatic heterocycles. The van der Waals surface area contributed by atoms with Crippen LogP contribution in [-0.2, 0) is 4.74 Å². The summed E-state index contributed by atoms with van der Waals surface area (Å²) < 4.78 is 35.4. The first kappa shape index (κ1) is 26.7. The molecule has 38 heavy (non-hydrogen) atoms. The van der Waals surface area contributed by atoms with E-state index in [1.165, 1.54) is 12.2 Å². The highest BCUT2D eigenvalue weighted by atomic mass is 19.3. The summed E-state index contributed by atoms with van der Waals surface area (Å²) in [5.41, 5.74) is -1.53. The van der Waals surface area contributed by atoms with Crippen LogP contribution in [0.25, 0.3) is 12.2 Å². The lowest BCUT2D eigenvalue weighted by Gasteiger charge is -2.22. The molecule has 9 nitrogen and oxygen atoms in total. The van der Waals surface area contributed by atoms with Gasteiger partial charge in [-0.15, -0.1) is 0 Å². The van der Waals surface area contributed by atoms with E-state index in [2.05, 4.69) is 0 Å². The van der Waals surface area contributed by atoms with E-state index in [0.29, 0.717) is 17.3 Å². The van der Waals surface area contributed by atoms with E-state index in [9.17, 15) is 33.4 Å². The molecule has 0 saturated carbocycles. The largest absolute Gasteiger partial charge is 0.394 e. The molecule has 3 aromatic rings. The Hall–Kier alpha value is -4.32. The fourth-order valence-electron chi connectivity index (χ4n) is 3.89. The first-order chi connectivity index (χ1) is 18.1. The van der Waals surface area contributed by atoms with Gasteiger partial charge in [0.1, 0.15) is 11.6 Å². The number of ketones is 1. The molecule has 1 saturated heterocycles. The van der Waals surface area contributed by atoms with Gasteiger partial charge in [0, 0.05) is 12.3 Å². The standard InChI is InChI=1S/C27H23F2N3O6/c28-27(29)23(36)21(16-33)38-25(27)31-15-19(20(34)13-11-17-7-3-1-4-8-17)24(30)32(26(31)37)22(35)14-12-18-9-5-2-6-10-18/h1-15,21,23,25,30,33,36H,16H2/t21-,23-,25-/m1/s1. The molecule has 1 aliphatic heterocycles. The van der Waals surface area contributed by atoms with Crippen LogP contribution in [-0.4, -0.2) is 55.8 Å². The number of aliphatic hydroxyl groups excluding tert-OH is 2. The van der Waals surface area contributed by atoms with Crippen LogP contribution in [0.15, 0.2) is 83.8 Å². The van der Waals surface area contributed by atoms with Crippen LogP contribution in [0.5, 0.6) is 0 Å². The van der Waals surface area contributed by atoms with Crippen molar-refractivity contribution in [3.8, 4) is 0 Å². The van der Waals surface area contributed by atoms with E-state index in [4.69, 9.17) is 10.1 Å². The quantitative estimate of drug-likeness (QED) is 0.321. The summed E-state index contributed by atoms with van der Waals surface area (Å²) in [7, 11) is 0. The molecule has 0 spiro atoms. The van der Waals surface area contributed by atoms with Crippen molar-refractivity contribution in [2.45, 2.75) is 24.4 Å². The number of carbonyl (C=O) groups excluding carboxylic acids is 2. The molecule has 2 heterocycles. The minimum atomic E-state index is -4.07. The van der Waals surface area contributed by atoms with Gasteiger partial charge in [-0.3, -0.25) is 19.6 Å². The van der Waals surface area contributed by atoms with Crippen molar-refractivity contribution in [3.63, 3.8) is 0 Å². The number of hydrogen-bond acceptors (Lipinski definition) is 7. The fourth-order valence-corrected chi connectivity index (χ4v) is 3.89. The van der Waals surface area contributed by atoms with Crippen LogP contribution in [0.3, 0.4) is 0 Å². The van der Waals surface area contributed by atoms with Crippen molar-refractivity contribution in [1.29, 1.82) is 5.41 Å². The molecule has 2 aromatic carbocycles. The number of aliphatic hydroxyl groups is 2. The monoisotopic (exact) mass is 523 g/mol. The number of nitrogens with zero attached hydrogens (tertiary/aromatic N) is 2. The van der Waals surface area contributed by atoms with E-state index in [-0.39, 0.29) is 9.13 Å². The number of nitrogens with one attached hydrogen (secondary N) is 1. The third-order valence-corrected chi connectivity index (χ3v) is 5.90. The van der Waals surface area contributed by atoms with Gasteiger partial charge in [-0.25, -0.2) is 9.36 Å². The first-order valence-corrected chi connectivity index (χ1v) is 11.4. The van der Waals surface area contributed by atoms with Gasteiger partial charge in [0.25, 0.3) is 5.91 Å². The van der Waals surface area contributed by atoms with Crippen molar-refractivity contribution in [2.75, 3.05) is 6.61 Å². The van der Waals surface area contributed by atoms with Crippen LogP contribution in [0, 0.1) is 5.41 Å². The zero-order valence-electron chi connectivity index (χ0n) is 19.8. The molecule has 0 unspecified atom stereocenters. The van der Waals surface area contributed by atoms with Crippen molar-refractivity contribution in [1.82, 2.24) is 9.13 Å². The number of rotatable bonds is 7. The van der Waals surface area contributed by atoms with Crippen molar-refractivity contribution in [2.24, 2.45) is 0 Å². The second-order valence-electron chi connectivity index (χ2n) is 8.44. The number of ether oxygens (including phenoxy) is 1. The van der Waals surface area contributed by atoms with Crippen molar-refractivity contribution >= 4 is 23.8 Å². The maximum absolute atomic E-state index is 14.9. The highest BCUT2D eigenvalue weighted by Crippen LogP contribution is 2.42. The van der Waals surface area contributed by atoms with Gasteiger partial charge >= 0.3 is 11.6 Å². The Morgan fingerprint density at radius 1 is 1.00 bits per heavy atom. The smallest absolute Gasteiger partial charge is 0.339 e. The Morgan fingerprint density at radius 3 is 2.08 bits per heavy atom. The van der Waals surface area contributed by atoms with E-state index in [1.54, 1.807) is 60.7 Å². The number of carbonyl (C=O) groups is 2. The Kier molecular flexibility index (Phi) is 7.72. The molecule has 196 valence electrons. The van der Waals surface area contributed by atoms with Crippen LogP contribution in [0.1, 0.15) is 32.5 Å². The third kappa shape index (κ3) is 5.21. The Morgan fingerprint density at radius 2 is 1.55 bits per heavy atom. The zero-order chi connectivity index (χ0) is 27.4. The van der Waals surface area contributed by atoms with E-state index in [0.717, 1.165) is 12.2 Å². The highest BCUT2D eigenvalue weighted by molar-refractivity contribution is 6.06. The number of alkyl halides is 2. The first-order valence-electron chi connectivity index (χ1n) is 11.4. The molecule has 0 aliphatic carbocycles. The van der Waals surface area contributed by atoms with E-state index >= 15 is 0 Å². The summed E-state index contributed by atoms with van der Waals surface area (Å²) in [5.74, 6) is -5.98. The Balaban J connectivity index is 1.84. The molecule has 3 N–H and O–H groups in total. The molecule has 1 aliphatic rings. The summed E-state index contributed by atoms with van der Waals surface area (Å²) in [6.07, 6.45) is -1.13. The van der Waals surface area contributed by atoms with Gasteiger partial charge in [-0.1, -0.05) is 66.7 Å². The molecular formula is C27H23F2N3O6. The molecule has 4 rings (SSSR count).